The number of nitrogens with zero attached hydrogens (tertiary/aromatic N) is 1. The summed E-state index contributed by atoms with van der Waals surface area (Å²) in [4.78, 5) is 0. The van der Waals surface area contributed by atoms with E-state index in [1.54, 1.807) is 6.07 Å². The molecule has 0 saturated carbocycles. The molecule has 0 bridgehead atoms. The molecule has 5 heteroatoms. The maximum Gasteiger partial charge on any atom is 0.190 e. The van der Waals surface area contributed by atoms with Gasteiger partial charge in [0, 0.05) is 13.2 Å². The van der Waals surface area contributed by atoms with Crippen LogP contribution in [-0.4, -0.2) is 19.8 Å². The lowest BCUT2D eigenvalue weighted by atomic mass is 10.0. The van der Waals surface area contributed by atoms with Crippen LogP contribution in [0.2, 0.25) is 0 Å². The monoisotopic (exact) mass is 253 g/mol. The average Bonchev–Trinajstić information content (AvgIpc) is 2.38. The van der Waals surface area contributed by atoms with Gasteiger partial charge >= 0.3 is 0 Å². The minimum Gasteiger partial charge on any atom is -0.487 e. The summed E-state index contributed by atoms with van der Waals surface area (Å²) < 4.78 is 37.4. The van der Waals surface area contributed by atoms with Gasteiger partial charge in [0.25, 0.3) is 0 Å². The smallest absolute Gasteiger partial charge is 0.190 e. The molecule has 1 aromatic carbocycles. The first-order valence-electron chi connectivity index (χ1n) is 5.80. The zero-order chi connectivity index (χ0) is 13.0. The van der Waals surface area contributed by atoms with Crippen LogP contribution in [0.25, 0.3) is 0 Å². The van der Waals surface area contributed by atoms with Gasteiger partial charge in [-0.2, -0.15) is 5.26 Å². The van der Waals surface area contributed by atoms with Gasteiger partial charge in [-0.3, -0.25) is 0 Å². The molecule has 0 aromatic heterocycles. The Morgan fingerprint density at radius 3 is 2.44 bits per heavy atom. The Labute approximate surface area is 104 Å². The summed E-state index contributed by atoms with van der Waals surface area (Å²) in [5, 5.41) is 8.57. The van der Waals surface area contributed by atoms with E-state index in [2.05, 4.69) is 0 Å². The van der Waals surface area contributed by atoms with Gasteiger partial charge in [-0.1, -0.05) is 0 Å². The van der Waals surface area contributed by atoms with Crippen LogP contribution >= 0.6 is 0 Å². The Morgan fingerprint density at radius 2 is 1.89 bits per heavy atom. The number of nitriles is 1. The van der Waals surface area contributed by atoms with Crippen molar-refractivity contribution in [3.8, 4) is 11.8 Å². The SMILES string of the molecule is N#Cc1cc(F)c(OCC2CCOCC2)c(F)c1. The fraction of sp³-hybridized carbons (Fsp3) is 0.462. The number of benzene rings is 1. The fourth-order valence-corrected chi connectivity index (χ4v) is 1.88. The van der Waals surface area contributed by atoms with E-state index in [4.69, 9.17) is 14.7 Å². The first-order chi connectivity index (χ1) is 8.70. The standard InChI is InChI=1S/C13H13F2NO2/c14-11-5-10(7-16)6-12(15)13(11)18-8-9-1-3-17-4-2-9/h5-6,9H,1-4,8H2. The van der Waals surface area contributed by atoms with Crippen LogP contribution in [0.1, 0.15) is 18.4 Å². The molecule has 0 unspecified atom stereocenters. The van der Waals surface area contributed by atoms with Gasteiger partial charge in [-0.15, -0.1) is 0 Å². The molecule has 0 spiro atoms. The highest BCUT2D eigenvalue weighted by Gasteiger charge is 2.18. The van der Waals surface area contributed by atoms with Crippen LogP contribution in [0.4, 0.5) is 8.78 Å². The Balaban J connectivity index is 2.02. The van der Waals surface area contributed by atoms with E-state index < -0.39 is 17.4 Å². The molecule has 1 aliphatic rings. The number of halogens is 2. The summed E-state index contributed by atoms with van der Waals surface area (Å²) >= 11 is 0. The third kappa shape index (κ3) is 2.96. The van der Waals surface area contributed by atoms with Gasteiger partial charge in [-0.05, 0) is 30.9 Å². The number of hydrogen-bond acceptors (Lipinski definition) is 3. The Bertz CT molecular complexity index is 442. The summed E-state index contributed by atoms with van der Waals surface area (Å²) in [5.41, 5.74) is -0.0524. The highest BCUT2D eigenvalue weighted by atomic mass is 19.1. The van der Waals surface area contributed by atoms with Crippen LogP contribution in [0.3, 0.4) is 0 Å². The molecule has 0 aliphatic carbocycles. The minimum absolute atomic E-state index is 0.0524. The van der Waals surface area contributed by atoms with E-state index in [1.807, 2.05) is 0 Å². The second-order valence-corrected chi connectivity index (χ2v) is 4.25. The Kier molecular flexibility index (Phi) is 4.11. The van der Waals surface area contributed by atoms with Crippen LogP contribution in [-0.2, 0) is 4.74 Å². The van der Waals surface area contributed by atoms with Crippen molar-refractivity contribution < 1.29 is 18.3 Å². The molecule has 3 nitrogen and oxygen atoms in total. The lowest BCUT2D eigenvalue weighted by molar-refractivity contribution is 0.0485. The van der Waals surface area contributed by atoms with Gasteiger partial charge in [0.05, 0.1) is 18.2 Å². The number of hydrogen-bond donors (Lipinski definition) is 0. The van der Waals surface area contributed by atoms with Gasteiger partial charge in [-0.25, -0.2) is 8.78 Å². The molecular formula is C13H13F2NO2. The second kappa shape index (κ2) is 5.78. The van der Waals surface area contributed by atoms with E-state index in [-0.39, 0.29) is 18.1 Å². The predicted molar refractivity (Wildman–Crippen MR) is 60.1 cm³/mol. The molecule has 0 amide bonds. The van der Waals surface area contributed by atoms with E-state index in [0.717, 1.165) is 25.0 Å². The zero-order valence-corrected chi connectivity index (χ0v) is 9.79. The minimum atomic E-state index is -0.835. The summed E-state index contributed by atoms with van der Waals surface area (Å²) in [6, 6.07) is 3.64. The van der Waals surface area contributed by atoms with Crippen molar-refractivity contribution >= 4 is 0 Å². The first kappa shape index (κ1) is 12.8. The van der Waals surface area contributed by atoms with Crippen molar-refractivity contribution in [3.05, 3.63) is 29.3 Å². The van der Waals surface area contributed by atoms with Gasteiger partial charge in [0.1, 0.15) is 0 Å². The quantitative estimate of drug-likeness (QED) is 0.831. The number of ether oxygens (including phenoxy) is 2. The van der Waals surface area contributed by atoms with Crippen LogP contribution in [0.5, 0.6) is 5.75 Å². The maximum atomic E-state index is 13.5. The first-order valence-corrected chi connectivity index (χ1v) is 5.80. The Morgan fingerprint density at radius 1 is 1.28 bits per heavy atom. The molecule has 1 fully saturated rings. The average molecular weight is 253 g/mol. The van der Waals surface area contributed by atoms with Crippen LogP contribution in [0, 0.1) is 28.9 Å². The third-order valence-corrected chi connectivity index (χ3v) is 2.93. The molecule has 18 heavy (non-hydrogen) atoms. The molecule has 1 heterocycles. The summed E-state index contributed by atoms with van der Waals surface area (Å²) in [6.45, 7) is 1.59. The molecule has 0 radical (unpaired) electrons. The van der Waals surface area contributed by atoms with Crippen molar-refractivity contribution in [3.63, 3.8) is 0 Å². The molecule has 1 aliphatic heterocycles. The van der Waals surface area contributed by atoms with Crippen LogP contribution < -0.4 is 4.74 Å². The maximum absolute atomic E-state index is 13.5. The van der Waals surface area contributed by atoms with E-state index in [0.29, 0.717) is 13.2 Å². The normalized spacial score (nSPS) is 16.3. The lowest BCUT2D eigenvalue weighted by Crippen LogP contribution is -2.22. The summed E-state index contributed by atoms with van der Waals surface area (Å²) in [7, 11) is 0. The fourth-order valence-electron chi connectivity index (χ4n) is 1.88. The zero-order valence-electron chi connectivity index (χ0n) is 9.79. The van der Waals surface area contributed by atoms with Crippen molar-refractivity contribution in [2.45, 2.75) is 12.8 Å². The molecule has 2 rings (SSSR count). The van der Waals surface area contributed by atoms with Gasteiger partial charge in [0.2, 0.25) is 0 Å². The lowest BCUT2D eigenvalue weighted by Gasteiger charge is -2.22. The molecular weight excluding hydrogens is 240 g/mol. The second-order valence-electron chi connectivity index (χ2n) is 4.25. The highest BCUT2D eigenvalue weighted by Crippen LogP contribution is 2.25. The molecule has 0 N–H and O–H groups in total. The van der Waals surface area contributed by atoms with E-state index in [9.17, 15) is 8.78 Å². The largest absolute Gasteiger partial charge is 0.487 e. The van der Waals surface area contributed by atoms with Crippen molar-refractivity contribution in [2.75, 3.05) is 19.8 Å². The number of rotatable bonds is 3. The third-order valence-electron chi connectivity index (χ3n) is 2.93. The van der Waals surface area contributed by atoms with E-state index in [1.165, 1.54) is 0 Å². The Hall–Kier alpha value is -1.67. The van der Waals surface area contributed by atoms with Crippen molar-refractivity contribution in [1.29, 1.82) is 5.26 Å². The molecule has 1 saturated heterocycles. The van der Waals surface area contributed by atoms with E-state index >= 15 is 0 Å². The van der Waals surface area contributed by atoms with Gasteiger partial charge in [0.15, 0.2) is 17.4 Å². The van der Waals surface area contributed by atoms with Crippen LogP contribution in [0.15, 0.2) is 12.1 Å². The molecule has 0 atom stereocenters. The summed E-state index contributed by atoms with van der Waals surface area (Å²) in [6.07, 6.45) is 1.67. The predicted octanol–water partition coefficient (Wildman–Crippen LogP) is 2.64. The molecule has 1 aromatic rings. The highest BCUT2D eigenvalue weighted by molar-refractivity contribution is 5.37. The topological polar surface area (TPSA) is 42.2 Å². The van der Waals surface area contributed by atoms with Crippen molar-refractivity contribution in [2.24, 2.45) is 5.92 Å². The molecule has 96 valence electrons. The summed E-state index contributed by atoms with van der Waals surface area (Å²) in [5.74, 6) is -1.81. The van der Waals surface area contributed by atoms with Crippen molar-refractivity contribution in [1.82, 2.24) is 0 Å². The van der Waals surface area contributed by atoms with Gasteiger partial charge < -0.3 is 9.47 Å².